The maximum atomic E-state index is 15.5. The maximum absolute atomic E-state index is 15.5. The van der Waals surface area contributed by atoms with Gasteiger partial charge in [-0.25, -0.2) is 0 Å². The topological polar surface area (TPSA) is 187 Å². The number of para-hydroxylation sites is 5. The lowest BCUT2D eigenvalue weighted by Gasteiger charge is -2.31. The van der Waals surface area contributed by atoms with Gasteiger partial charge in [-0.05, 0) is 60.7 Å². The van der Waals surface area contributed by atoms with Gasteiger partial charge in [-0.15, -0.1) is 0 Å². The Balaban J connectivity index is 1.18. The first-order chi connectivity index (χ1) is 32.3. The van der Waals surface area contributed by atoms with Crippen LogP contribution in [0.3, 0.4) is 0 Å². The van der Waals surface area contributed by atoms with E-state index in [1.54, 1.807) is 115 Å². The Hall–Kier alpha value is -8.20. The first kappa shape index (κ1) is 42.7. The van der Waals surface area contributed by atoms with Crippen molar-refractivity contribution in [3.63, 3.8) is 0 Å². The van der Waals surface area contributed by atoms with Crippen molar-refractivity contribution in [2.24, 2.45) is 59.2 Å². The van der Waals surface area contributed by atoms with E-state index in [-0.39, 0.29) is 28.4 Å². The number of benzene rings is 5. The number of rotatable bonds is 9. The Morgan fingerprint density at radius 3 is 0.567 bits per heavy atom. The molecule has 10 atom stereocenters. The van der Waals surface area contributed by atoms with Crippen LogP contribution in [-0.2, 0) is 47.9 Å². The summed E-state index contributed by atoms with van der Waals surface area (Å²) in [5, 5.41) is 0. The molecule has 5 aromatic rings. The SMILES string of the molecule is CC1C(=O)N(c2ccccc2)C(=O)C1C1C(=O)N(c2ccccc2)C(=O)C1C1C(=O)N(c2ccccc2)C(=O)C1C1C(=O)N(c2ccccc2)C(=O)C1C1C(=O)N(c2ccccc2)C(=O)C1C. The smallest absolute Gasteiger partial charge is 0.238 e. The minimum absolute atomic E-state index is 0.0537. The molecule has 10 rings (SSSR count). The summed E-state index contributed by atoms with van der Waals surface area (Å²) in [5.74, 6) is -25.3. The molecule has 15 heteroatoms. The van der Waals surface area contributed by atoms with Crippen LogP contribution in [0.5, 0.6) is 0 Å². The van der Waals surface area contributed by atoms with E-state index in [0.717, 1.165) is 24.5 Å². The molecule has 0 aromatic heterocycles. The van der Waals surface area contributed by atoms with E-state index in [1.807, 2.05) is 0 Å². The van der Waals surface area contributed by atoms with Gasteiger partial charge >= 0.3 is 0 Å². The van der Waals surface area contributed by atoms with Gasteiger partial charge in [0.15, 0.2) is 0 Å². The summed E-state index contributed by atoms with van der Waals surface area (Å²) < 4.78 is 0. The van der Waals surface area contributed by atoms with Gasteiger partial charge in [-0.2, -0.15) is 0 Å². The predicted octanol–water partition coefficient (Wildman–Crippen LogP) is 5.06. The molecule has 5 aromatic carbocycles. The summed E-state index contributed by atoms with van der Waals surface area (Å²) >= 11 is 0. The summed E-state index contributed by atoms with van der Waals surface area (Å²) in [4.78, 5) is 155. The Bertz CT molecular complexity index is 2740. The predicted molar refractivity (Wildman–Crippen MR) is 241 cm³/mol. The third-order valence-corrected chi connectivity index (χ3v) is 14.1. The molecular weight excluding hydrogens is 855 g/mol. The van der Waals surface area contributed by atoms with E-state index in [9.17, 15) is 19.2 Å². The van der Waals surface area contributed by atoms with Gasteiger partial charge in [0.2, 0.25) is 59.1 Å². The lowest BCUT2D eigenvalue weighted by molar-refractivity contribution is -0.141. The number of hydrogen-bond donors (Lipinski definition) is 0. The minimum Gasteiger partial charge on any atom is -0.274 e. The fourth-order valence-corrected chi connectivity index (χ4v) is 11.1. The van der Waals surface area contributed by atoms with Crippen molar-refractivity contribution >= 4 is 87.5 Å². The molecule has 5 saturated heterocycles. The highest BCUT2D eigenvalue weighted by molar-refractivity contribution is 6.32. The Morgan fingerprint density at radius 1 is 0.224 bits per heavy atom. The molecule has 5 heterocycles. The summed E-state index contributed by atoms with van der Waals surface area (Å²) in [6.07, 6.45) is 0. The van der Waals surface area contributed by atoms with Crippen molar-refractivity contribution in [1.29, 1.82) is 0 Å². The van der Waals surface area contributed by atoms with Crippen LogP contribution >= 0.6 is 0 Å². The second-order valence-corrected chi connectivity index (χ2v) is 17.5. The molecule has 10 unspecified atom stereocenters. The van der Waals surface area contributed by atoms with E-state index >= 15 is 28.8 Å². The lowest BCUT2D eigenvalue weighted by atomic mass is 9.64. The van der Waals surface area contributed by atoms with Gasteiger partial charge in [0, 0.05) is 11.8 Å². The molecule has 5 aliphatic rings. The van der Waals surface area contributed by atoms with Crippen LogP contribution in [0.4, 0.5) is 28.4 Å². The summed E-state index contributed by atoms with van der Waals surface area (Å²) in [6.45, 7) is 2.91. The van der Waals surface area contributed by atoms with Crippen molar-refractivity contribution in [3.05, 3.63) is 152 Å². The molecule has 5 aliphatic heterocycles. The molecule has 0 radical (unpaired) electrons. The van der Waals surface area contributed by atoms with Crippen LogP contribution in [-0.4, -0.2) is 59.1 Å². The monoisotopic (exact) mass is 895 g/mol. The zero-order valence-corrected chi connectivity index (χ0v) is 36.0. The Kier molecular flexibility index (Phi) is 10.4. The lowest BCUT2D eigenvalue weighted by Crippen LogP contribution is -2.46. The highest BCUT2D eigenvalue weighted by Gasteiger charge is 2.71. The number of carbonyl (C=O) groups is 10. The summed E-state index contributed by atoms with van der Waals surface area (Å²) in [7, 11) is 0. The average molecular weight is 896 g/mol. The van der Waals surface area contributed by atoms with Gasteiger partial charge in [0.25, 0.3) is 0 Å². The third-order valence-electron chi connectivity index (χ3n) is 14.1. The number of carbonyl (C=O) groups excluding carboxylic acids is 10. The number of imide groups is 5. The zero-order valence-electron chi connectivity index (χ0n) is 36.0. The van der Waals surface area contributed by atoms with E-state index in [1.165, 1.54) is 50.2 Å². The van der Waals surface area contributed by atoms with Crippen LogP contribution < -0.4 is 24.5 Å². The van der Waals surface area contributed by atoms with E-state index in [4.69, 9.17) is 0 Å². The largest absolute Gasteiger partial charge is 0.274 e. The quantitative estimate of drug-likeness (QED) is 0.181. The fraction of sp³-hybridized carbons (Fsp3) is 0.231. The molecule has 0 N–H and O–H groups in total. The third kappa shape index (κ3) is 6.39. The standard InChI is InChI=1S/C52H41N5O10/c1-28-35(45(60)53(43(28)58)30-18-8-3-9-19-30)37-39(49(64)55(47(37)62)32-22-12-5-13-23-32)41-42(52(67)57(51(41)66)34-26-16-7-17-27-34)40-38(48(63)56(50(40)65)33-24-14-6-15-25-33)36-29(2)44(59)54(46(36)61)31-20-10-4-11-21-31/h3-29,35-42H,1-2H3. The molecule has 15 nitrogen and oxygen atoms in total. The molecule has 334 valence electrons. The fourth-order valence-electron chi connectivity index (χ4n) is 11.1. The van der Waals surface area contributed by atoms with Gasteiger partial charge in [0.05, 0.1) is 75.8 Å². The van der Waals surface area contributed by atoms with Gasteiger partial charge in [-0.3, -0.25) is 72.4 Å². The molecule has 67 heavy (non-hydrogen) atoms. The first-order valence-corrected chi connectivity index (χ1v) is 22.0. The van der Waals surface area contributed by atoms with Crippen molar-refractivity contribution in [3.8, 4) is 0 Å². The second kappa shape index (κ2) is 16.3. The highest BCUT2D eigenvalue weighted by Crippen LogP contribution is 2.55. The molecule has 0 saturated carbocycles. The van der Waals surface area contributed by atoms with Crippen LogP contribution in [0.15, 0.2) is 152 Å². The molecule has 10 amide bonds. The number of anilines is 5. The van der Waals surface area contributed by atoms with Gasteiger partial charge in [-0.1, -0.05) is 105 Å². The Labute approximate surface area is 383 Å². The average Bonchev–Trinajstić information content (AvgIpc) is 3.99. The molecule has 0 bridgehead atoms. The first-order valence-electron chi connectivity index (χ1n) is 22.0. The van der Waals surface area contributed by atoms with Crippen LogP contribution in [0.1, 0.15) is 13.8 Å². The van der Waals surface area contributed by atoms with Gasteiger partial charge < -0.3 is 0 Å². The Morgan fingerprint density at radius 2 is 0.373 bits per heavy atom. The van der Waals surface area contributed by atoms with Crippen molar-refractivity contribution in [1.82, 2.24) is 0 Å². The minimum atomic E-state index is -1.92. The summed E-state index contributed by atoms with van der Waals surface area (Å²) in [6, 6.07) is 39.4. The van der Waals surface area contributed by atoms with Crippen molar-refractivity contribution in [2.75, 3.05) is 24.5 Å². The van der Waals surface area contributed by atoms with Crippen molar-refractivity contribution in [2.45, 2.75) is 13.8 Å². The molecule has 0 aliphatic carbocycles. The number of hydrogen-bond acceptors (Lipinski definition) is 10. The van der Waals surface area contributed by atoms with E-state index in [0.29, 0.717) is 0 Å². The van der Waals surface area contributed by atoms with Crippen molar-refractivity contribution < 1.29 is 47.9 Å². The number of amides is 10. The normalized spacial score (nSPS) is 28.9. The zero-order chi connectivity index (χ0) is 47.0. The highest BCUT2D eigenvalue weighted by atomic mass is 16.2. The molecule has 5 fully saturated rings. The van der Waals surface area contributed by atoms with Crippen LogP contribution in [0, 0.1) is 59.2 Å². The summed E-state index contributed by atoms with van der Waals surface area (Å²) in [5.41, 5.74) is 0.667. The van der Waals surface area contributed by atoms with Crippen LogP contribution in [0.25, 0.3) is 0 Å². The number of nitrogens with zero attached hydrogens (tertiary/aromatic N) is 5. The second-order valence-electron chi connectivity index (χ2n) is 17.5. The van der Waals surface area contributed by atoms with E-state index < -0.39 is 118 Å². The van der Waals surface area contributed by atoms with Gasteiger partial charge in [0.1, 0.15) is 0 Å². The maximum Gasteiger partial charge on any atom is 0.238 e. The molecule has 0 spiro atoms. The van der Waals surface area contributed by atoms with Crippen LogP contribution in [0.2, 0.25) is 0 Å². The molecular formula is C52H41N5O10. The van der Waals surface area contributed by atoms with E-state index in [2.05, 4.69) is 0 Å².